The smallest absolute Gasteiger partial charge is 0.240 e. The average Bonchev–Trinajstić information content (AvgIpc) is 2.46. The summed E-state index contributed by atoms with van der Waals surface area (Å²) in [6.45, 7) is 0.299. The predicted molar refractivity (Wildman–Crippen MR) is 78.6 cm³/mol. The number of nitrogens with two attached hydrogens (primary N) is 1. The summed E-state index contributed by atoms with van der Waals surface area (Å²) in [5, 5.41) is 9.60. The molecule has 20 heavy (non-hydrogen) atoms. The van der Waals surface area contributed by atoms with E-state index in [1.165, 1.54) is 12.1 Å². The van der Waals surface area contributed by atoms with Gasteiger partial charge in [0.25, 0.3) is 0 Å². The van der Waals surface area contributed by atoms with Crippen molar-refractivity contribution in [2.24, 2.45) is 5.41 Å². The van der Waals surface area contributed by atoms with Crippen molar-refractivity contribution < 1.29 is 13.5 Å². The summed E-state index contributed by atoms with van der Waals surface area (Å²) in [5.41, 5.74) is 5.72. The number of nitrogen functional groups attached to an aromatic ring is 1. The van der Waals surface area contributed by atoms with Gasteiger partial charge in [0.1, 0.15) is 0 Å². The fourth-order valence-electron chi connectivity index (χ4n) is 2.71. The molecule has 0 unspecified atom stereocenters. The van der Waals surface area contributed by atoms with Crippen molar-refractivity contribution in [1.29, 1.82) is 0 Å². The summed E-state index contributed by atoms with van der Waals surface area (Å²) in [6.07, 6.45) is 4.97. The second kappa shape index (κ2) is 6.11. The van der Waals surface area contributed by atoms with E-state index in [9.17, 15) is 13.5 Å². The van der Waals surface area contributed by atoms with Gasteiger partial charge in [-0.3, -0.25) is 0 Å². The molecule has 4 N–H and O–H groups in total. The van der Waals surface area contributed by atoms with Crippen LogP contribution in [-0.2, 0) is 10.0 Å². The Kier molecular flexibility index (Phi) is 4.67. The lowest BCUT2D eigenvalue weighted by molar-refractivity contribution is 0.0867. The van der Waals surface area contributed by atoms with E-state index in [2.05, 4.69) is 4.72 Å². The summed E-state index contributed by atoms with van der Waals surface area (Å²) in [5.74, 6) is 0. The Labute approximate surface area is 120 Å². The predicted octanol–water partition coefficient (Wildman–Crippen LogP) is 1.49. The molecule has 0 aliphatic heterocycles. The zero-order valence-electron chi connectivity index (χ0n) is 11.5. The molecule has 0 aromatic heterocycles. The fraction of sp³-hybridized carbons (Fsp3) is 0.571. The van der Waals surface area contributed by atoms with Gasteiger partial charge in [0.05, 0.1) is 4.90 Å². The van der Waals surface area contributed by atoms with Gasteiger partial charge in [0.15, 0.2) is 0 Å². The van der Waals surface area contributed by atoms with Crippen LogP contribution in [0.5, 0.6) is 0 Å². The third-order valence-corrected chi connectivity index (χ3v) is 5.45. The first-order chi connectivity index (χ1) is 9.47. The van der Waals surface area contributed by atoms with E-state index >= 15 is 0 Å². The molecule has 0 spiro atoms. The number of benzene rings is 1. The minimum absolute atomic E-state index is 0.0203. The van der Waals surface area contributed by atoms with Crippen LogP contribution in [0, 0.1) is 5.41 Å². The van der Waals surface area contributed by atoms with Crippen LogP contribution in [0.4, 0.5) is 5.69 Å². The maximum absolute atomic E-state index is 12.2. The second-order valence-electron chi connectivity index (χ2n) is 5.62. The molecular weight excluding hydrogens is 276 g/mol. The van der Waals surface area contributed by atoms with E-state index in [4.69, 9.17) is 5.73 Å². The molecule has 1 aromatic carbocycles. The maximum atomic E-state index is 12.2. The first-order valence-electron chi connectivity index (χ1n) is 6.94. The molecule has 6 heteroatoms. The standard InChI is InChI=1S/C14H22N2O3S/c15-12-5-4-6-13(9-12)20(18,19)16-10-14(11-17)7-2-1-3-8-14/h4-6,9,16-17H,1-3,7-8,10-11,15H2. The Bertz CT molecular complexity index is 551. The van der Waals surface area contributed by atoms with Crippen molar-refractivity contribution in [2.75, 3.05) is 18.9 Å². The van der Waals surface area contributed by atoms with E-state index in [0.717, 1.165) is 32.1 Å². The van der Waals surface area contributed by atoms with Gasteiger partial charge in [0, 0.05) is 24.3 Å². The minimum atomic E-state index is -3.57. The highest BCUT2D eigenvalue weighted by Gasteiger charge is 2.32. The zero-order valence-corrected chi connectivity index (χ0v) is 12.3. The van der Waals surface area contributed by atoms with Crippen molar-refractivity contribution >= 4 is 15.7 Å². The molecule has 0 heterocycles. The van der Waals surface area contributed by atoms with Gasteiger partial charge < -0.3 is 10.8 Å². The number of hydrogen-bond donors (Lipinski definition) is 3. The molecule has 0 radical (unpaired) electrons. The van der Waals surface area contributed by atoms with Crippen LogP contribution in [0.2, 0.25) is 0 Å². The van der Waals surface area contributed by atoms with Gasteiger partial charge in [-0.25, -0.2) is 13.1 Å². The quantitative estimate of drug-likeness (QED) is 0.718. The van der Waals surface area contributed by atoms with Crippen LogP contribution in [0.1, 0.15) is 32.1 Å². The van der Waals surface area contributed by atoms with E-state index in [1.54, 1.807) is 12.1 Å². The van der Waals surface area contributed by atoms with Gasteiger partial charge in [0.2, 0.25) is 10.0 Å². The average molecular weight is 298 g/mol. The SMILES string of the molecule is Nc1cccc(S(=O)(=O)NCC2(CO)CCCCC2)c1. The zero-order chi connectivity index (χ0) is 14.6. The monoisotopic (exact) mass is 298 g/mol. The highest BCUT2D eigenvalue weighted by Crippen LogP contribution is 2.35. The third-order valence-electron chi connectivity index (χ3n) is 4.06. The van der Waals surface area contributed by atoms with E-state index in [0.29, 0.717) is 5.69 Å². The normalized spacial score (nSPS) is 18.9. The van der Waals surface area contributed by atoms with Crippen LogP contribution in [0.15, 0.2) is 29.2 Å². The number of aliphatic hydroxyl groups excluding tert-OH is 1. The number of nitrogens with one attached hydrogen (secondary N) is 1. The van der Waals surface area contributed by atoms with Gasteiger partial charge in [-0.1, -0.05) is 25.3 Å². The number of sulfonamides is 1. The Morgan fingerprint density at radius 3 is 2.55 bits per heavy atom. The first kappa shape index (κ1) is 15.3. The lowest BCUT2D eigenvalue weighted by Gasteiger charge is -2.35. The van der Waals surface area contributed by atoms with Crippen LogP contribution in [-0.4, -0.2) is 26.7 Å². The molecule has 1 aliphatic rings. The third kappa shape index (κ3) is 3.50. The summed E-state index contributed by atoms with van der Waals surface area (Å²) in [4.78, 5) is 0.168. The van der Waals surface area contributed by atoms with Crippen molar-refractivity contribution in [3.8, 4) is 0 Å². The first-order valence-corrected chi connectivity index (χ1v) is 8.42. The van der Waals surface area contributed by atoms with Crippen molar-refractivity contribution in [3.05, 3.63) is 24.3 Å². The molecule has 0 amide bonds. The lowest BCUT2D eigenvalue weighted by atomic mass is 9.75. The number of anilines is 1. The Hall–Kier alpha value is -1.11. The van der Waals surface area contributed by atoms with Gasteiger partial charge >= 0.3 is 0 Å². The molecule has 5 nitrogen and oxygen atoms in total. The summed E-state index contributed by atoms with van der Waals surface area (Å²) < 4.78 is 27.1. The molecule has 1 aromatic rings. The Morgan fingerprint density at radius 2 is 1.95 bits per heavy atom. The molecule has 1 fully saturated rings. The van der Waals surface area contributed by atoms with Crippen LogP contribution in [0.25, 0.3) is 0 Å². The molecule has 0 atom stereocenters. The highest BCUT2D eigenvalue weighted by atomic mass is 32.2. The lowest BCUT2D eigenvalue weighted by Crippen LogP contribution is -2.41. The Balaban J connectivity index is 2.08. The molecule has 1 aliphatic carbocycles. The van der Waals surface area contributed by atoms with Crippen molar-refractivity contribution in [2.45, 2.75) is 37.0 Å². The van der Waals surface area contributed by atoms with Crippen LogP contribution in [0.3, 0.4) is 0 Å². The maximum Gasteiger partial charge on any atom is 0.240 e. The van der Waals surface area contributed by atoms with Crippen molar-refractivity contribution in [1.82, 2.24) is 4.72 Å². The number of hydrogen-bond acceptors (Lipinski definition) is 4. The topological polar surface area (TPSA) is 92.4 Å². The minimum Gasteiger partial charge on any atom is -0.399 e. The van der Waals surface area contributed by atoms with Crippen LogP contribution < -0.4 is 10.5 Å². The summed E-state index contributed by atoms with van der Waals surface area (Å²) in [6, 6.07) is 6.22. The van der Waals surface area contributed by atoms with Crippen LogP contribution >= 0.6 is 0 Å². The summed E-state index contributed by atoms with van der Waals surface area (Å²) in [7, 11) is -3.57. The largest absolute Gasteiger partial charge is 0.399 e. The van der Waals surface area contributed by atoms with E-state index in [-0.39, 0.29) is 23.5 Å². The van der Waals surface area contributed by atoms with Gasteiger partial charge in [-0.15, -0.1) is 0 Å². The fourth-order valence-corrected chi connectivity index (χ4v) is 3.92. The molecule has 112 valence electrons. The molecular formula is C14H22N2O3S. The molecule has 2 rings (SSSR count). The second-order valence-corrected chi connectivity index (χ2v) is 7.38. The molecule has 0 bridgehead atoms. The highest BCUT2D eigenvalue weighted by molar-refractivity contribution is 7.89. The van der Waals surface area contributed by atoms with E-state index in [1.807, 2.05) is 0 Å². The summed E-state index contributed by atoms with van der Waals surface area (Å²) >= 11 is 0. The molecule has 1 saturated carbocycles. The Morgan fingerprint density at radius 1 is 1.25 bits per heavy atom. The number of rotatable bonds is 5. The van der Waals surface area contributed by atoms with Gasteiger partial charge in [-0.2, -0.15) is 0 Å². The van der Waals surface area contributed by atoms with Gasteiger partial charge in [-0.05, 0) is 31.0 Å². The van der Waals surface area contributed by atoms with E-state index < -0.39 is 10.0 Å². The molecule has 0 saturated heterocycles. The van der Waals surface area contributed by atoms with Crippen molar-refractivity contribution in [3.63, 3.8) is 0 Å². The number of aliphatic hydroxyl groups is 1.